The van der Waals surface area contributed by atoms with Crippen LogP contribution in [0.15, 0.2) is 23.0 Å². The van der Waals surface area contributed by atoms with Gasteiger partial charge in [-0.05, 0) is 43.5 Å². The maximum atomic E-state index is 11.2. The highest BCUT2D eigenvalue weighted by molar-refractivity contribution is 7.09. The third kappa shape index (κ3) is 1.88. The summed E-state index contributed by atoms with van der Waals surface area (Å²) in [6.45, 7) is 6.13. The summed E-state index contributed by atoms with van der Waals surface area (Å²) in [4.78, 5) is 15.1. The Bertz CT molecular complexity index is 551. The van der Waals surface area contributed by atoms with Crippen molar-refractivity contribution in [1.82, 2.24) is 4.98 Å². The van der Waals surface area contributed by atoms with Gasteiger partial charge < -0.3 is 4.98 Å². The number of hydrogen-bond donors (Lipinski definition) is 1. The maximum absolute atomic E-state index is 11.2. The number of nitrogens with one attached hydrogen (secondary N) is 1. The van der Waals surface area contributed by atoms with E-state index in [2.05, 4.69) is 31.0 Å². The van der Waals surface area contributed by atoms with Crippen LogP contribution >= 0.6 is 11.3 Å². The highest BCUT2D eigenvalue weighted by atomic mass is 32.1. The van der Waals surface area contributed by atoms with E-state index in [0.29, 0.717) is 0 Å². The number of aromatic amines is 1. The molecule has 0 atom stereocenters. The highest BCUT2D eigenvalue weighted by Crippen LogP contribution is 2.24. The zero-order chi connectivity index (χ0) is 11.0. The predicted octanol–water partition coefficient (Wildman–Crippen LogP) is 3.03. The minimum Gasteiger partial charge on any atom is -0.312 e. The summed E-state index contributed by atoms with van der Waals surface area (Å²) in [5.74, 6) is 0. The van der Waals surface area contributed by atoms with Gasteiger partial charge >= 0.3 is 4.87 Å². The van der Waals surface area contributed by atoms with Crippen molar-refractivity contribution in [1.29, 1.82) is 0 Å². The van der Waals surface area contributed by atoms with Gasteiger partial charge in [-0.25, -0.2) is 0 Å². The molecule has 0 saturated carbocycles. The van der Waals surface area contributed by atoms with Crippen LogP contribution < -0.4 is 4.87 Å². The standard InChI is InChI=1S/C12H13NOS/c1-7-4-5-10(6-8(7)2)11-9(3)15-12(14)13-11/h4-6H,1-3H3,(H,13,14). The lowest BCUT2D eigenvalue weighted by Crippen LogP contribution is -1.93. The quantitative estimate of drug-likeness (QED) is 0.785. The predicted molar refractivity (Wildman–Crippen MR) is 64.6 cm³/mol. The van der Waals surface area contributed by atoms with Crippen molar-refractivity contribution in [2.24, 2.45) is 0 Å². The largest absolute Gasteiger partial charge is 0.312 e. The molecule has 0 saturated heterocycles. The van der Waals surface area contributed by atoms with E-state index in [1.165, 1.54) is 22.5 Å². The molecule has 0 unspecified atom stereocenters. The molecule has 1 heterocycles. The number of thiazole rings is 1. The molecule has 1 aromatic heterocycles. The SMILES string of the molecule is Cc1ccc(-c2[nH]c(=O)sc2C)cc1C. The van der Waals surface area contributed by atoms with Gasteiger partial charge in [0.2, 0.25) is 0 Å². The van der Waals surface area contributed by atoms with Gasteiger partial charge in [-0.2, -0.15) is 0 Å². The molecule has 0 amide bonds. The average Bonchev–Trinajstić information content (AvgIpc) is 2.50. The van der Waals surface area contributed by atoms with E-state index >= 15 is 0 Å². The second kappa shape index (κ2) is 3.66. The van der Waals surface area contributed by atoms with E-state index in [1.807, 2.05) is 13.0 Å². The highest BCUT2D eigenvalue weighted by Gasteiger charge is 2.06. The number of benzene rings is 1. The van der Waals surface area contributed by atoms with Gasteiger partial charge in [0.1, 0.15) is 0 Å². The molecule has 0 aliphatic rings. The summed E-state index contributed by atoms with van der Waals surface area (Å²) in [5.41, 5.74) is 4.56. The molecule has 0 aliphatic heterocycles. The average molecular weight is 219 g/mol. The molecule has 0 bridgehead atoms. The van der Waals surface area contributed by atoms with Crippen molar-refractivity contribution in [2.75, 3.05) is 0 Å². The Morgan fingerprint density at radius 3 is 2.40 bits per heavy atom. The summed E-state index contributed by atoms with van der Waals surface area (Å²) in [6, 6.07) is 6.24. The molecule has 0 aliphatic carbocycles. The number of aromatic nitrogens is 1. The summed E-state index contributed by atoms with van der Waals surface area (Å²) in [7, 11) is 0. The van der Waals surface area contributed by atoms with Crippen LogP contribution in [-0.2, 0) is 0 Å². The Labute approximate surface area is 92.6 Å². The van der Waals surface area contributed by atoms with Crippen LogP contribution in [0, 0.1) is 20.8 Å². The summed E-state index contributed by atoms with van der Waals surface area (Å²) >= 11 is 1.26. The van der Waals surface area contributed by atoms with Gasteiger partial charge in [-0.15, -0.1) is 0 Å². The molecule has 0 fully saturated rings. The minimum absolute atomic E-state index is 0.0146. The first kappa shape index (κ1) is 10.2. The topological polar surface area (TPSA) is 32.9 Å². The summed E-state index contributed by atoms with van der Waals surface area (Å²) < 4.78 is 0. The lowest BCUT2D eigenvalue weighted by molar-refractivity contribution is 1.29. The van der Waals surface area contributed by atoms with Crippen LogP contribution in [0.5, 0.6) is 0 Å². The second-order valence-electron chi connectivity index (χ2n) is 3.74. The first-order chi connectivity index (χ1) is 7.08. The monoisotopic (exact) mass is 219 g/mol. The lowest BCUT2D eigenvalue weighted by atomic mass is 10.0. The maximum Gasteiger partial charge on any atom is 0.305 e. The molecular formula is C12H13NOS. The molecule has 2 rings (SSSR count). The van der Waals surface area contributed by atoms with Gasteiger partial charge in [0.05, 0.1) is 5.69 Å². The molecule has 1 aromatic carbocycles. The van der Waals surface area contributed by atoms with Crippen molar-refractivity contribution in [3.63, 3.8) is 0 Å². The fourth-order valence-corrected chi connectivity index (χ4v) is 2.28. The Kier molecular flexibility index (Phi) is 2.49. The van der Waals surface area contributed by atoms with Gasteiger partial charge in [0.15, 0.2) is 0 Å². The molecule has 3 heteroatoms. The van der Waals surface area contributed by atoms with Gasteiger partial charge in [0, 0.05) is 4.88 Å². The molecule has 0 radical (unpaired) electrons. The first-order valence-corrected chi connectivity index (χ1v) is 5.67. The van der Waals surface area contributed by atoms with E-state index < -0.39 is 0 Å². The molecule has 78 valence electrons. The fourth-order valence-electron chi connectivity index (χ4n) is 1.58. The lowest BCUT2D eigenvalue weighted by Gasteiger charge is -2.03. The molecule has 15 heavy (non-hydrogen) atoms. The second-order valence-corrected chi connectivity index (χ2v) is 4.93. The zero-order valence-electron chi connectivity index (χ0n) is 9.05. The van der Waals surface area contributed by atoms with Crippen molar-refractivity contribution in [2.45, 2.75) is 20.8 Å². The normalized spacial score (nSPS) is 10.6. The van der Waals surface area contributed by atoms with Crippen LogP contribution in [-0.4, -0.2) is 4.98 Å². The molecular weight excluding hydrogens is 206 g/mol. The third-order valence-corrected chi connectivity index (χ3v) is 3.42. The van der Waals surface area contributed by atoms with Crippen LogP contribution in [0.4, 0.5) is 0 Å². The zero-order valence-corrected chi connectivity index (χ0v) is 9.87. The number of hydrogen-bond acceptors (Lipinski definition) is 2. The fraction of sp³-hybridized carbons (Fsp3) is 0.250. The van der Waals surface area contributed by atoms with Crippen LogP contribution in [0.1, 0.15) is 16.0 Å². The van der Waals surface area contributed by atoms with Crippen LogP contribution in [0.25, 0.3) is 11.3 Å². The van der Waals surface area contributed by atoms with Gasteiger partial charge in [-0.3, -0.25) is 4.79 Å². The van der Waals surface area contributed by atoms with Gasteiger partial charge in [-0.1, -0.05) is 23.5 Å². The van der Waals surface area contributed by atoms with Gasteiger partial charge in [0.25, 0.3) is 0 Å². The van der Waals surface area contributed by atoms with E-state index in [9.17, 15) is 4.79 Å². The molecule has 2 aromatic rings. The Morgan fingerprint density at radius 2 is 1.87 bits per heavy atom. The van der Waals surface area contributed by atoms with E-state index in [4.69, 9.17) is 0 Å². The number of rotatable bonds is 1. The third-order valence-electron chi connectivity index (χ3n) is 2.62. The van der Waals surface area contributed by atoms with Crippen molar-refractivity contribution >= 4 is 11.3 Å². The smallest absolute Gasteiger partial charge is 0.305 e. The van der Waals surface area contributed by atoms with E-state index in [0.717, 1.165) is 16.1 Å². The van der Waals surface area contributed by atoms with Crippen molar-refractivity contribution in [3.8, 4) is 11.3 Å². The van der Waals surface area contributed by atoms with E-state index in [1.54, 1.807) is 0 Å². The number of aryl methyl sites for hydroxylation is 3. The Morgan fingerprint density at radius 1 is 1.13 bits per heavy atom. The minimum atomic E-state index is 0.0146. The molecule has 2 nitrogen and oxygen atoms in total. The molecule has 0 spiro atoms. The van der Waals surface area contributed by atoms with Crippen LogP contribution in [0.3, 0.4) is 0 Å². The number of H-pyrrole nitrogens is 1. The summed E-state index contributed by atoms with van der Waals surface area (Å²) in [6.07, 6.45) is 0. The first-order valence-electron chi connectivity index (χ1n) is 4.85. The van der Waals surface area contributed by atoms with Crippen LogP contribution in [0.2, 0.25) is 0 Å². The Balaban J connectivity index is 2.59. The molecule has 1 N–H and O–H groups in total. The summed E-state index contributed by atoms with van der Waals surface area (Å²) in [5, 5.41) is 0. The Hall–Kier alpha value is -1.35. The van der Waals surface area contributed by atoms with E-state index in [-0.39, 0.29) is 4.87 Å². The van der Waals surface area contributed by atoms with Crippen molar-refractivity contribution < 1.29 is 0 Å². The van der Waals surface area contributed by atoms with Crippen molar-refractivity contribution in [3.05, 3.63) is 43.9 Å².